The second-order valence-electron chi connectivity index (χ2n) is 10.3. The Bertz CT molecular complexity index is 998. The molecule has 1 aliphatic carbocycles. The van der Waals surface area contributed by atoms with E-state index in [1.807, 2.05) is 23.1 Å². The summed E-state index contributed by atoms with van der Waals surface area (Å²) in [6, 6.07) is 11.4. The average molecular weight is 506 g/mol. The molecule has 1 aromatic carbocycles. The number of anilines is 2. The van der Waals surface area contributed by atoms with Gasteiger partial charge in [-0.05, 0) is 48.9 Å². The summed E-state index contributed by atoms with van der Waals surface area (Å²) >= 11 is 5.48. The lowest BCUT2D eigenvalue weighted by Gasteiger charge is -2.38. The van der Waals surface area contributed by atoms with Crippen molar-refractivity contribution in [3.05, 3.63) is 47.7 Å². The van der Waals surface area contributed by atoms with E-state index in [0.717, 1.165) is 38.2 Å². The van der Waals surface area contributed by atoms with Crippen LogP contribution < -0.4 is 15.5 Å². The zero-order valence-corrected chi connectivity index (χ0v) is 21.2. The fourth-order valence-electron chi connectivity index (χ4n) is 5.63. The summed E-state index contributed by atoms with van der Waals surface area (Å²) in [6.45, 7) is 6.16. The Labute approximate surface area is 210 Å². The SMILES string of the molecule is CC1CC(C)CN(c2cc(C(F)(F)F)nc(NC(=S)NCC3(c4ccccc4)CCCCC3)n2)C1. The largest absolute Gasteiger partial charge is 0.433 e. The second-order valence-corrected chi connectivity index (χ2v) is 10.7. The van der Waals surface area contributed by atoms with Gasteiger partial charge in [-0.2, -0.15) is 18.2 Å². The maximum atomic E-state index is 13.6. The Morgan fingerprint density at radius 2 is 1.71 bits per heavy atom. The van der Waals surface area contributed by atoms with Crippen molar-refractivity contribution in [2.45, 2.75) is 64.0 Å². The highest BCUT2D eigenvalue weighted by atomic mass is 32.1. The molecule has 1 aromatic heterocycles. The van der Waals surface area contributed by atoms with Crippen LogP contribution in [-0.4, -0.2) is 34.7 Å². The van der Waals surface area contributed by atoms with Gasteiger partial charge in [-0.3, -0.25) is 0 Å². The van der Waals surface area contributed by atoms with Crippen LogP contribution in [0.15, 0.2) is 36.4 Å². The van der Waals surface area contributed by atoms with Crippen LogP contribution in [0.4, 0.5) is 24.9 Å². The van der Waals surface area contributed by atoms with Crippen molar-refractivity contribution < 1.29 is 13.2 Å². The van der Waals surface area contributed by atoms with E-state index < -0.39 is 11.9 Å². The third-order valence-electron chi connectivity index (χ3n) is 7.21. The molecule has 35 heavy (non-hydrogen) atoms. The highest BCUT2D eigenvalue weighted by Crippen LogP contribution is 2.39. The molecule has 4 rings (SSSR count). The third kappa shape index (κ3) is 6.42. The first kappa shape index (κ1) is 25.7. The standard InChI is InChI=1S/C26H34F3N5S/c1-18-13-19(2)16-34(15-18)22-14-21(26(27,28)29)31-23(32-22)33-24(35)30-17-25(11-7-4-8-12-25)20-9-5-3-6-10-20/h3,5-6,9-10,14,18-19H,4,7-8,11-13,15-17H2,1-2H3,(H2,30,31,32,33,35). The molecule has 1 saturated carbocycles. The van der Waals surface area contributed by atoms with Crippen LogP contribution in [0.1, 0.15) is 63.6 Å². The van der Waals surface area contributed by atoms with Gasteiger partial charge in [-0.15, -0.1) is 0 Å². The monoisotopic (exact) mass is 505 g/mol. The van der Waals surface area contributed by atoms with Crippen molar-refractivity contribution in [1.82, 2.24) is 15.3 Å². The van der Waals surface area contributed by atoms with Crippen LogP contribution in [0.3, 0.4) is 0 Å². The van der Waals surface area contributed by atoms with Gasteiger partial charge in [0.15, 0.2) is 10.8 Å². The molecule has 2 atom stereocenters. The molecular weight excluding hydrogens is 471 g/mol. The van der Waals surface area contributed by atoms with Gasteiger partial charge in [0.05, 0.1) is 0 Å². The summed E-state index contributed by atoms with van der Waals surface area (Å²) in [5.74, 6) is 0.915. The average Bonchev–Trinajstić information content (AvgIpc) is 2.82. The molecule has 9 heteroatoms. The summed E-state index contributed by atoms with van der Waals surface area (Å²) in [7, 11) is 0. The van der Waals surface area contributed by atoms with Crippen LogP contribution >= 0.6 is 12.2 Å². The Morgan fingerprint density at radius 1 is 1.06 bits per heavy atom. The van der Waals surface area contributed by atoms with E-state index in [-0.39, 0.29) is 22.3 Å². The summed E-state index contributed by atoms with van der Waals surface area (Å²) in [5, 5.41) is 6.33. The normalized spacial score (nSPS) is 22.5. The number of alkyl halides is 3. The number of nitrogens with zero attached hydrogens (tertiary/aromatic N) is 3. The summed E-state index contributed by atoms with van der Waals surface area (Å²) in [4.78, 5) is 10.1. The van der Waals surface area contributed by atoms with E-state index in [1.165, 1.54) is 12.0 Å². The van der Waals surface area contributed by atoms with Crippen LogP contribution in [0, 0.1) is 11.8 Å². The van der Waals surface area contributed by atoms with E-state index >= 15 is 0 Å². The molecule has 5 nitrogen and oxygen atoms in total. The van der Waals surface area contributed by atoms with Gasteiger partial charge in [0.25, 0.3) is 0 Å². The van der Waals surface area contributed by atoms with E-state index in [1.54, 1.807) is 0 Å². The minimum atomic E-state index is -4.57. The molecule has 2 fully saturated rings. The maximum absolute atomic E-state index is 13.6. The number of thiocarbonyl (C=S) groups is 1. The van der Waals surface area contributed by atoms with Crippen molar-refractivity contribution in [2.24, 2.45) is 11.8 Å². The van der Waals surface area contributed by atoms with E-state index in [0.29, 0.717) is 31.5 Å². The first-order valence-electron chi connectivity index (χ1n) is 12.5. The number of nitrogens with one attached hydrogen (secondary N) is 2. The maximum Gasteiger partial charge on any atom is 0.433 e. The van der Waals surface area contributed by atoms with Crippen molar-refractivity contribution in [2.75, 3.05) is 29.9 Å². The predicted molar refractivity (Wildman–Crippen MR) is 138 cm³/mol. The molecule has 1 aliphatic heterocycles. The van der Waals surface area contributed by atoms with Gasteiger partial charge < -0.3 is 15.5 Å². The van der Waals surface area contributed by atoms with Crippen molar-refractivity contribution in [3.63, 3.8) is 0 Å². The molecule has 0 spiro atoms. The fraction of sp³-hybridized carbons (Fsp3) is 0.577. The summed E-state index contributed by atoms with van der Waals surface area (Å²) in [6.07, 6.45) is 2.06. The zero-order chi connectivity index (χ0) is 25.1. The van der Waals surface area contributed by atoms with Gasteiger partial charge >= 0.3 is 6.18 Å². The quantitative estimate of drug-likeness (QED) is 0.474. The van der Waals surface area contributed by atoms with Gasteiger partial charge in [-0.1, -0.05) is 63.4 Å². The number of hydrogen-bond donors (Lipinski definition) is 2. The molecule has 0 radical (unpaired) electrons. The smallest absolute Gasteiger partial charge is 0.361 e. The van der Waals surface area contributed by atoms with Crippen molar-refractivity contribution in [1.29, 1.82) is 0 Å². The first-order valence-corrected chi connectivity index (χ1v) is 12.9. The van der Waals surface area contributed by atoms with Gasteiger partial charge in [0.1, 0.15) is 5.82 Å². The van der Waals surface area contributed by atoms with E-state index in [9.17, 15) is 13.2 Å². The molecular formula is C26H34F3N5S. The van der Waals surface area contributed by atoms with Gasteiger partial charge in [0, 0.05) is 31.1 Å². The molecule has 2 unspecified atom stereocenters. The molecule has 2 heterocycles. The van der Waals surface area contributed by atoms with E-state index in [4.69, 9.17) is 12.2 Å². The minimum Gasteiger partial charge on any atom is -0.361 e. The number of piperidine rings is 1. The molecule has 190 valence electrons. The summed E-state index contributed by atoms with van der Waals surface area (Å²) < 4.78 is 40.9. The number of rotatable bonds is 5. The predicted octanol–water partition coefficient (Wildman–Crippen LogP) is 6.17. The molecule has 1 saturated heterocycles. The van der Waals surface area contributed by atoms with Crippen molar-refractivity contribution >= 4 is 29.1 Å². The van der Waals surface area contributed by atoms with Crippen LogP contribution in [0.25, 0.3) is 0 Å². The molecule has 0 bridgehead atoms. The molecule has 0 amide bonds. The zero-order valence-electron chi connectivity index (χ0n) is 20.4. The van der Waals surface area contributed by atoms with Gasteiger partial charge in [0.2, 0.25) is 5.95 Å². The second kappa shape index (κ2) is 10.7. The number of halogens is 3. The lowest BCUT2D eigenvalue weighted by atomic mass is 9.69. The number of aromatic nitrogens is 2. The highest BCUT2D eigenvalue weighted by Gasteiger charge is 2.36. The lowest BCUT2D eigenvalue weighted by Crippen LogP contribution is -2.43. The lowest BCUT2D eigenvalue weighted by molar-refractivity contribution is -0.141. The minimum absolute atomic E-state index is 0.0504. The van der Waals surface area contributed by atoms with Gasteiger partial charge in [-0.25, -0.2) is 4.98 Å². The number of benzene rings is 1. The Balaban J connectivity index is 1.51. The molecule has 2 aromatic rings. The van der Waals surface area contributed by atoms with Crippen molar-refractivity contribution in [3.8, 4) is 0 Å². The first-order chi connectivity index (χ1) is 16.6. The van der Waals surface area contributed by atoms with Crippen LogP contribution in [-0.2, 0) is 11.6 Å². The van der Waals surface area contributed by atoms with Crippen LogP contribution in [0.5, 0.6) is 0 Å². The molecule has 2 N–H and O–H groups in total. The summed E-state index contributed by atoms with van der Waals surface area (Å²) in [5.41, 5.74) is 0.248. The van der Waals surface area contributed by atoms with Crippen LogP contribution in [0.2, 0.25) is 0 Å². The fourth-order valence-corrected chi connectivity index (χ4v) is 5.79. The highest BCUT2D eigenvalue weighted by molar-refractivity contribution is 7.80. The molecule has 2 aliphatic rings. The van der Waals surface area contributed by atoms with E-state index in [2.05, 4.69) is 46.6 Å². The Hall–Kier alpha value is -2.42. The topological polar surface area (TPSA) is 53.1 Å². The Morgan fingerprint density at radius 3 is 2.34 bits per heavy atom. The third-order valence-corrected chi connectivity index (χ3v) is 7.45. The Kier molecular flexibility index (Phi) is 7.83. The number of hydrogen-bond acceptors (Lipinski definition) is 4.